The second-order valence-electron chi connectivity index (χ2n) is 7.08. The van der Waals surface area contributed by atoms with E-state index in [4.69, 9.17) is 16.9 Å². The van der Waals surface area contributed by atoms with Gasteiger partial charge in [-0.25, -0.2) is 0 Å². The zero-order valence-corrected chi connectivity index (χ0v) is 15.6. The number of nitrogens with one attached hydrogen (secondary N) is 1. The van der Waals surface area contributed by atoms with Crippen LogP contribution in [0, 0.1) is 16.7 Å². The molecule has 25 heavy (non-hydrogen) atoms. The zero-order chi connectivity index (χ0) is 18.6. The third kappa shape index (κ3) is 4.86. The second-order valence-corrected chi connectivity index (χ2v) is 7.49. The van der Waals surface area contributed by atoms with Gasteiger partial charge < -0.3 is 15.1 Å². The van der Waals surface area contributed by atoms with Crippen molar-refractivity contribution in [1.82, 2.24) is 4.90 Å². The summed E-state index contributed by atoms with van der Waals surface area (Å²) in [5.74, 6) is -0.200. The Morgan fingerprint density at radius 3 is 2.40 bits per heavy atom. The molecule has 0 aromatic heterocycles. The summed E-state index contributed by atoms with van der Waals surface area (Å²) < 4.78 is 0. The van der Waals surface area contributed by atoms with E-state index in [1.54, 1.807) is 18.2 Å². The van der Waals surface area contributed by atoms with E-state index < -0.39 is 0 Å². The van der Waals surface area contributed by atoms with Crippen molar-refractivity contribution in [3.63, 3.8) is 0 Å². The lowest BCUT2D eigenvalue weighted by Crippen LogP contribution is -2.51. The normalized spacial score (nSPS) is 14.8. The first-order chi connectivity index (χ1) is 11.7. The molecule has 1 aromatic carbocycles. The summed E-state index contributed by atoms with van der Waals surface area (Å²) in [7, 11) is 0. The van der Waals surface area contributed by atoms with E-state index in [-0.39, 0.29) is 23.7 Å². The van der Waals surface area contributed by atoms with E-state index in [9.17, 15) is 9.59 Å². The molecule has 1 N–H and O–H groups in total. The molecule has 2 amide bonds. The molecule has 1 aliphatic rings. The Kier molecular flexibility index (Phi) is 5.91. The fourth-order valence-electron chi connectivity index (χ4n) is 2.74. The molecule has 1 aromatic rings. The molecule has 0 radical (unpaired) electrons. The first-order valence-electron chi connectivity index (χ1n) is 8.23. The first kappa shape index (κ1) is 19.1. The van der Waals surface area contributed by atoms with Crippen LogP contribution in [0.25, 0.3) is 0 Å². The molecule has 134 valence electrons. The van der Waals surface area contributed by atoms with Crippen LogP contribution in [0.15, 0.2) is 18.2 Å². The van der Waals surface area contributed by atoms with Crippen molar-refractivity contribution in [1.29, 1.82) is 5.26 Å². The highest BCUT2D eigenvalue weighted by Gasteiger charge is 2.30. The van der Waals surface area contributed by atoms with Crippen molar-refractivity contribution in [3.05, 3.63) is 23.2 Å². The number of amides is 2. The highest BCUT2D eigenvalue weighted by Crippen LogP contribution is 2.30. The number of nitriles is 1. The molecule has 6 nitrogen and oxygen atoms in total. The van der Waals surface area contributed by atoms with Gasteiger partial charge in [-0.3, -0.25) is 9.59 Å². The van der Waals surface area contributed by atoms with Gasteiger partial charge in [-0.2, -0.15) is 5.26 Å². The number of benzene rings is 1. The molecule has 1 saturated heterocycles. The minimum absolute atomic E-state index is 0.161. The first-order valence-corrected chi connectivity index (χ1v) is 8.61. The average Bonchev–Trinajstić information content (AvgIpc) is 2.54. The lowest BCUT2D eigenvalue weighted by molar-refractivity contribution is -0.139. The highest BCUT2D eigenvalue weighted by atomic mass is 35.5. The van der Waals surface area contributed by atoms with E-state index in [0.717, 1.165) is 5.69 Å². The van der Waals surface area contributed by atoms with Crippen LogP contribution in [-0.4, -0.2) is 42.9 Å². The second kappa shape index (κ2) is 7.75. The third-order valence-corrected chi connectivity index (χ3v) is 4.32. The van der Waals surface area contributed by atoms with Crippen molar-refractivity contribution in [2.24, 2.45) is 5.41 Å². The number of anilines is 2. The van der Waals surface area contributed by atoms with Crippen LogP contribution < -0.4 is 10.2 Å². The molecule has 1 fully saturated rings. The Bertz CT molecular complexity index is 698. The summed E-state index contributed by atoms with van der Waals surface area (Å²) in [5.41, 5.74) is 1.07. The monoisotopic (exact) mass is 362 g/mol. The maximum Gasteiger partial charge on any atom is 0.238 e. The molecule has 0 aliphatic carbocycles. The van der Waals surface area contributed by atoms with Gasteiger partial charge >= 0.3 is 0 Å². The van der Waals surface area contributed by atoms with Gasteiger partial charge in [0.15, 0.2) is 0 Å². The predicted octanol–water partition coefficient (Wildman–Crippen LogP) is 2.89. The summed E-state index contributed by atoms with van der Waals surface area (Å²) in [5, 5.41) is 11.7. The molecule has 0 atom stereocenters. The molecule has 1 aliphatic heterocycles. The minimum atomic E-state index is -0.372. The van der Waals surface area contributed by atoms with E-state index in [1.165, 1.54) is 0 Å². The van der Waals surface area contributed by atoms with Crippen LogP contribution in [0.5, 0.6) is 0 Å². The smallest absolute Gasteiger partial charge is 0.238 e. The number of hydrogen-bond donors (Lipinski definition) is 1. The Morgan fingerprint density at radius 2 is 1.88 bits per heavy atom. The standard InChI is InChI=1S/C18H23ClN4O2/c1-18(2,3)17(25)23-10-8-22(9-11-23)15-5-4-13(12-14(15)19)21-16(24)6-7-20/h4-5,12H,6,8-11H2,1-3H3,(H,21,24). The van der Waals surface area contributed by atoms with Crippen LogP contribution in [0.2, 0.25) is 5.02 Å². The molecular weight excluding hydrogens is 340 g/mol. The van der Waals surface area contributed by atoms with Crippen LogP contribution in [0.3, 0.4) is 0 Å². The van der Waals surface area contributed by atoms with E-state index in [1.807, 2.05) is 31.7 Å². The van der Waals surface area contributed by atoms with Crippen molar-refractivity contribution in [3.8, 4) is 6.07 Å². The molecular formula is C18H23ClN4O2. The quantitative estimate of drug-likeness (QED) is 0.896. The van der Waals surface area contributed by atoms with Crippen molar-refractivity contribution in [2.45, 2.75) is 27.2 Å². The maximum absolute atomic E-state index is 12.3. The summed E-state index contributed by atoms with van der Waals surface area (Å²) in [6, 6.07) is 7.10. The predicted molar refractivity (Wildman–Crippen MR) is 98.6 cm³/mol. The summed E-state index contributed by atoms with van der Waals surface area (Å²) in [4.78, 5) is 27.8. The van der Waals surface area contributed by atoms with Gasteiger partial charge in [0.25, 0.3) is 0 Å². The van der Waals surface area contributed by atoms with Crippen LogP contribution >= 0.6 is 11.6 Å². The number of rotatable bonds is 3. The van der Waals surface area contributed by atoms with Gasteiger partial charge in [0.2, 0.25) is 11.8 Å². The zero-order valence-electron chi connectivity index (χ0n) is 14.8. The maximum atomic E-state index is 12.3. The summed E-state index contributed by atoms with van der Waals surface area (Å²) in [6.45, 7) is 8.53. The van der Waals surface area contributed by atoms with Crippen molar-refractivity contribution in [2.75, 3.05) is 36.4 Å². The Balaban J connectivity index is 2.01. The number of halogens is 1. The minimum Gasteiger partial charge on any atom is -0.367 e. The molecule has 2 rings (SSSR count). The highest BCUT2D eigenvalue weighted by molar-refractivity contribution is 6.33. The molecule has 0 spiro atoms. The Labute approximate surface area is 153 Å². The lowest BCUT2D eigenvalue weighted by Gasteiger charge is -2.39. The van der Waals surface area contributed by atoms with Gasteiger partial charge in [-0.15, -0.1) is 0 Å². The number of hydrogen-bond acceptors (Lipinski definition) is 4. The van der Waals surface area contributed by atoms with Gasteiger partial charge in [-0.1, -0.05) is 32.4 Å². The van der Waals surface area contributed by atoms with Crippen LogP contribution in [0.4, 0.5) is 11.4 Å². The van der Waals surface area contributed by atoms with Gasteiger partial charge in [-0.05, 0) is 18.2 Å². The SMILES string of the molecule is CC(C)(C)C(=O)N1CCN(c2ccc(NC(=O)CC#N)cc2Cl)CC1. The molecule has 1 heterocycles. The van der Waals surface area contributed by atoms with Crippen molar-refractivity contribution < 1.29 is 9.59 Å². The number of piperazine rings is 1. The average molecular weight is 363 g/mol. The largest absolute Gasteiger partial charge is 0.367 e. The van der Waals surface area contributed by atoms with E-state index in [2.05, 4.69) is 10.2 Å². The fourth-order valence-corrected chi connectivity index (χ4v) is 3.04. The van der Waals surface area contributed by atoms with E-state index in [0.29, 0.717) is 36.9 Å². The lowest BCUT2D eigenvalue weighted by atomic mass is 9.94. The third-order valence-electron chi connectivity index (χ3n) is 4.02. The van der Waals surface area contributed by atoms with Gasteiger partial charge in [0, 0.05) is 37.3 Å². The van der Waals surface area contributed by atoms with Gasteiger partial charge in [0.05, 0.1) is 16.8 Å². The van der Waals surface area contributed by atoms with Gasteiger partial charge in [0.1, 0.15) is 6.42 Å². The summed E-state index contributed by atoms with van der Waals surface area (Å²) >= 11 is 6.36. The molecule has 0 unspecified atom stereocenters. The Morgan fingerprint density at radius 1 is 1.24 bits per heavy atom. The Hall–Kier alpha value is -2.26. The van der Waals surface area contributed by atoms with Crippen LogP contribution in [0.1, 0.15) is 27.2 Å². The van der Waals surface area contributed by atoms with Crippen molar-refractivity contribution >= 4 is 34.8 Å². The van der Waals surface area contributed by atoms with E-state index >= 15 is 0 Å². The molecule has 7 heteroatoms. The molecule has 0 saturated carbocycles. The number of nitrogens with zero attached hydrogens (tertiary/aromatic N) is 3. The summed E-state index contributed by atoms with van der Waals surface area (Å²) in [6.07, 6.45) is -0.191. The molecule has 0 bridgehead atoms. The fraction of sp³-hybridized carbons (Fsp3) is 0.500. The number of carbonyl (C=O) groups excluding carboxylic acids is 2. The van der Waals surface area contributed by atoms with Crippen LogP contribution in [-0.2, 0) is 9.59 Å². The number of carbonyl (C=O) groups is 2. The topological polar surface area (TPSA) is 76.4 Å².